The second-order valence-corrected chi connectivity index (χ2v) is 7.93. The number of ether oxygens (including phenoxy) is 1. The molecular weight excluding hydrogens is 396 g/mol. The molecule has 29 heavy (non-hydrogen) atoms. The van der Waals surface area contributed by atoms with Crippen LogP contribution >= 0.6 is 11.8 Å². The molecule has 0 fully saturated rings. The normalized spacial score (nSPS) is 12.3. The van der Waals surface area contributed by atoms with Crippen molar-refractivity contribution in [2.24, 2.45) is 14.1 Å². The second kappa shape index (κ2) is 8.16. The van der Waals surface area contributed by atoms with Gasteiger partial charge in [0.25, 0.3) is 5.56 Å². The Labute approximate surface area is 170 Å². The number of benzene rings is 1. The van der Waals surface area contributed by atoms with Crippen molar-refractivity contribution in [1.82, 2.24) is 18.7 Å². The number of thioether (sulfide) groups is 1. The predicted octanol–water partition coefficient (Wildman–Crippen LogP) is 1.25. The Bertz CT molecular complexity index is 1180. The summed E-state index contributed by atoms with van der Waals surface area (Å²) in [6.07, 6.45) is 0.594. The van der Waals surface area contributed by atoms with Crippen LogP contribution in [0, 0.1) is 0 Å². The number of hydrogen-bond acceptors (Lipinski definition) is 6. The number of aliphatic carboxylic acids is 1. The van der Waals surface area contributed by atoms with Crippen molar-refractivity contribution in [3.8, 4) is 5.75 Å². The topological polar surface area (TPSA) is 108 Å². The largest absolute Gasteiger partial charge is 0.497 e. The quantitative estimate of drug-likeness (QED) is 0.575. The monoisotopic (exact) mass is 418 g/mol. The maximum Gasteiger partial charge on any atom is 0.332 e. The Balaban J connectivity index is 2.09. The number of rotatable bonds is 7. The second-order valence-electron chi connectivity index (χ2n) is 6.62. The SMILES string of the molecule is COc1ccc(CCn2c(SC(C)C(=O)O)nc3c2c(=O)n(C)c(=O)n3C)cc1. The third kappa shape index (κ3) is 3.93. The number of fused-ring (bicyclic) bond motifs is 1. The summed E-state index contributed by atoms with van der Waals surface area (Å²) < 4.78 is 9.20. The highest BCUT2D eigenvalue weighted by Crippen LogP contribution is 2.26. The van der Waals surface area contributed by atoms with Crippen LogP contribution in [0.3, 0.4) is 0 Å². The van der Waals surface area contributed by atoms with E-state index in [1.54, 1.807) is 25.6 Å². The minimum absolute atomic E-state index is 0.243. The highest BCUT2D eigenvalue weighted by atomic mass is 32.2. The number of aryl methyl sites for hydroxylation is 3. The first-order chi connectivity index (χ1) is 13.7. The van der Waals surface area contributed by atoms with Crippen LogP contribution in [0.1, 0.15) is 12.5 Å². The van der Waals surface area contributed by atoms with Gasteiger partial charge in [-0.2, -0.15) is 0 Å². The first-order valence-electron chi connectivity index (χ1n) is 8.93. The van der Waals surface area contributed by atoms with Crippen LogP contribution in [-0.4, -0.2) is 42.1 Å². The fourth-order valence-electron chi connectivity index (χ4n) is 2.97. The molecule has 0 aliphatic heterocycles. The zero-order valence-corrected chi connectivity index (χ0v) is 17.4. The lowest BCUT2D eigenvalue weighted by atomic mass is 10.1. The fourth-order valence-corrected chi connectivity index (χ4v) is 3.83. The van der Waals surface area contributed by atoms with Gasteiger partial charge in [0.2, 0.25) is 0 Å². The summed E-state index contributed by atoms with van der Waals surface area (Å²) in [7, 11) is 4.55. The number of carboxylic acids is 1. The lowest BCUT2D eigenvalue weighted by molar-refractivity contribution is -0.136. The number of aromatic nitrogens is 4. The van der Waals surface area contributed by atoms with Crippen molar-refractivity contribution < 1.29 is 14.6 Å². The molecule has 0 radical (unpaired) electrons. The van der Waals surface area contributed by atoms with Gasteiger partial charge in [0.15, 0.2) is 16.3 Å². The molecule has 0 aliphatic carbocycles. The Morgan fingerprint density at radius 2 is 1.86 bits per heavy atom. The van der Waals surface area contributed by atoms with E-state index < -0.39 is 22.5 Å². The molecule has 2 heterocycles. The Kier molecular flexibility index (Phi) is 5.83. The van der Waals surface area contributed by atoms with E-state index in [1.165, 1.54) is 11.6 Å². The van der Waals surface area contributed by atoms with Crippen LogP contribution in [0.2, 0.25) is 0 Å². The predicted molar refractivity (Wildman–Crippen MR) is 110 cm³/mol. The van der Waals surface area contributed by atoms with Crippen molar-refractivity contribution in [2.75, 3.05) is 7.11 Å². The molecule has 0 spiro atoms. The minimum Gasteiger partial charge on any atom is -0.497 e. The molecule has 1 unspecified atom stereocenters. The van der Waals surface area contributed by atoms with E-state index in [9.17, 15) is 19.5 Å². The summed E-state index contributed by atoms with van der Waals surface area (Å²) in [6.45, 7) is 1.96. The molecule has 3 rings (SSSR count). The zero-order valence-electron chi connectivity index (χ0n) is 16.6. The molecule has 1 atom stereocenters. The standard InChI is InChI=1S/C19H22N4O5S/c1-11(17(25)26)29-18-20-15-14(16(24)22(3)19(27)21(15)2)23(18)10-9-12-5-7-13(28-4)8-6-12/h5-8,11H,9-10H2,1-4H3,(H,25,26). The molecular formula is C19H22N4O5S. The third-order valence-corrected chi connectivity index (χ3v) is 5.80. The molecule has 1 N–H and O–H groups in total. The van der Waals surface area contributed by atoms with E-state index in [2.05, 4.69) is 4.98 Å². The average molecular weight is 418 g/mol. The number of carbonyl (C=O) groups is 1. The van der Waals surface area contributed by atoms with Gasteiger partial charge in [-0.25, -0.2) is 9.78 Å². The van der Waals surface area contributed by atoms with Gasteiger partial charge in [-0.05, 0) is 31.0 Å². The average Bonchev–Trinajstić information content (AvgIpc) is 3.07. The highest BCUT2D eigenvalue weighted by molar-refractivity contribution is 8.00. The summed E-state index contributed by atoms with van der Waals surface area (Å²) in [6, 6.07) is 7.56. The number of nitrogens with zero attached hydrogens (tertiary/aromatic N) is 4. The van der Waals surface area contributed by atoms with Gasteiger partial charge in [0.1, 0.15) is 11.0 Å². The molecule has 3 aromatic rings. The number of methoxy groups -OCH3 is 1. The van der Waals surface area contributed by atoms with Crippen LogP contribution in [0.5, 0.6) is 5.75 Å². The van der Waals surface area contributed by atoms with Crippen LogP contribution in [0.25, 0.3) is 11.2 Å². The van der Waals surface area contributed by atoms with Gasteiger partial charge < -0.3 is 14.4 Å². The highest BCUT2D eigenvalue weighted by Gasteiger charge is 2.23. The summed E-state index contributed by atoms with van der Waals surface area (Å²) in [5.74, 6) is -0.234. The summed E-state index contributed by atoms with van der Waals surface area (Å²) in [5.41, 5.74) is 0.609. The molecule has 9 nitrogen and oxygen atoms in total. The summed E-state index contributed by atoms with van der Waals surface area (Å²) in [5, 5.41) is 8.91. The molecule has 1 aromatic carbocycles. The van der Waals surface area contributed by atoms with Crippen LogP contribution in [0.4, 0.5) is 0 Å². The maximum absolute atomic E-state index is 12.8. The van der Waals surface area contributed by atoms with E-state index in [0.717, 1.165) is 27.6 Å². The summed E-state index contributed by atoms with van der Waals surface area (Å²) >= 11 is 1.04. The van der Waals surface area contributed by atoms with Crippen LogP contribution in [-0.2, 0) is 31.9 Å². The van der Waals surface area contributed by atoms with E-state index in [1.807, 2.05) is 24.3 Å². The van der Waals surface area contributed by atoms with Gasteiger partial charge in [0.05, 0.1) is 7.11 Å². The summed E-state index contributed by atoms with van der Waals surface area (Å²) in [4.78, 5) is 40.8. The number of carboxylic acid groups (broad SMARTS) is 1. The smallest absolute Gasteiger partial charge is 0.332 e. The third-order valence-electron chi connectivity index (χ3n) is 4.73. The molecule has 0 amide bonds. The lowest BCUT2D eigenvalue weighted by Gasteiger charge is -2.11. The van der Waals surface area contributed by atoms with Crippen LogP contribution in [0.15, 0.2) is 39.0 Å². The zero-order chi connectivity index (χ0) is 21.3. The lowest BCUT2D eigenvalue weighted by Crippen LogP contribution is -2.37. The molecule has 2 aromatic heterocycles. The molecule has 154 valence electrons. The molecule has 0 saturated heterocycles. The Morgan fingerprint density at radius 3 is 2.45 bits per heavy atom. The van der Waals surface area contributed by atoms with Crippen molar-refractivity contribution in [3.05, 3.63) is 50.7 Å². The number of hydrogen-bond donors (Lipinski definition) is 1. The van der Waals surface area contributed by atoms with Gasteiger partial charge >= 0.3 is 11.7 Å². The number of imidazole rings is 1. The first kappa shape index (κ1) is 20.7. The Hall–Kier alpha value is -3.01. The molecule has 0 aliphatic rings. The van der Waals surface area contributed by atoms with E-state index in [0.29, 0.717) is 18.1 Å². The minimum atomic E-state index is -0.981. The maximum atomic E-state index is 12.8. The van der Waals surface area contributed by atoms with Gasteiger partial charge in [-0.3, -0.25) is 18.7 Å². The molecule has 0 saturated carbocycles. The van der Waals surface area contributed by atoms with Crippen molar-refractivity contribution >= 4 is 28.9 Å². The van der Waals surface area contributed by atoms with Crippen molar-refractivity contribution in [2.45, 2.75) is 30.3 Å². The van der Waals surface area contributed by atoms with E-state index >= 15 is 0 Å². The van der Waals surface area contributed by atoms with Gasteiger partial charge in [0, 0.05) is 20.6 Å². The van der Waals surface area contributed by atoms with Crippen LogP contribution < -0.4 is 16.0 Å². The van der Waals surface area contributed by atoms with E-state index in [4.69, 9.17) is 4.74 Å². The molecule has 10 heteroatoms. The van der Waals surface area contributed by atoms with Gasteiger partial charge in [-0.1, -0.05) is 23.9 Å². The van der Waals surface area contributed by atoms with E-state index in [-0.39, 0.29) is 11.2 Å². The molecule has 0 bridgehead atoms. The van der Waals surface area contributed by atoms with Gasteiger partial charge in [-0.15, -0.1) is 0 Å². The van der Waals surface area contributed by atoms with Crippen molar-refractivity contribution in [3.63, 3.8) is 0 Å². The van der Waals surface area contributed by atoms with Crippen molar-refractivity contribution in [1.29, 1.82) is 0 Å². The first-order valence-corrected chi connectivity index (χ1v) is 9.81. The fraction of sp³-hybridized carbons (Fsp3) is 0.368. The Morgan fingerprint density at radius 1 is 1.21 bits per heavy atom.